The molecular weight excluding hydrogens is 334 g/mol. The molecule has 0 bridgehead atoms. The number of halogens is 2. The van der Waals surface area contributed by atoms with Crippen molar-refractivity contribution in [3.63, 3.8) is 0 Å². The van der Waals surface area contributed by atoms with Crippen molar-refractivity contribution < 1.29 is 14.7 Å². The summed E-state index contributed by atoms with van der Waals surface area (Å²) in [7, 11) is 0. The molecule has 0 aliphatic heterocycles. The van der Waals surface area contributed by atoms with Gasteiger partial charge >= 0.3 is 5.97 Å². The molecule has 0 fully saturated rings. The first-order valence-corrected chi connectivity index (χ1v) is 7.02. The summed E-state index contributed by atoms with van der Waals surface area (Å²) in [5, 5.41) is 11.7. The van der Waals surface area contributed by atoms with Gasteiger partial charge in [-0.05, 0) is 30.5 Å². The Balaban J connectivity index is 2.49. The summed E-state index contributed by atoms with van der Waals surface area (Å²) in [5.41, 5.74) is 0.412. The van der Waals surface area contributed by atoms with E-state index in [1.807, 2.05) is 6.92 Å². The molecule has 19 heavy (non-hydrogen) atoms. The molecule has 0 radical (unpaired) electrons. The van der Waals surface area contributed by atoms with E-state index in [4.69, 9.17) is 16.7 Å². The summed E-state index contributed by atoms with van der Waals surface area (Å²) in [4.78, 5) is 22.3. The molecule has 0 spiro atoms. The van der Waals surface area contributed by atoms with E-state index in [-0.39, 0.29) is 18.2 Å². The molecule has 0 heterocycles. The minimum absolute atomic E-state index is 0.106. The van der Waals surface area contributed by atoms with Gasteiger partial charge in [-0.1, -0.05) is 34.5 Å². The van der Waals surface area contributed by atoms with Crippen LogP contribution in [0.15, 0.2) is 22.7 Å². The standard InChI is InChI=1S/C13H15BrClNO3/c1-8(2-5-12(17)18)7-16-13(19)10-4-3-9(14)6-11(10)15/h3-4,6,8H,2,5,7H2,1H3,(H,16,19)(H,17,18). The molecule has 0 saturated carbocycles. The third-order valence-electron chi connectivity index (χ3n) is 2.64. The van der Waals surface area contributed by atoms with Crippen LogP contribution in [0.3, 0.4) is 0 Å². The summed E-state index contributed by atoms with van der Waals surface area (Å²) in [6.45, 7) is 2.32. The summed E-state index contributed by atoms with van der Waals surface area (Å²) in [6.07, 6.45) is 0.639. The Morgan fingerprint density at radius 3 is 2.74 bits per heavy atom. The lowest BCUT2D eigenvalue weighted by Crippen LogP contribution is -2.28. The highest BCUT2D eigenvalue weighted by Crippen LogP contribution is 2.21. The van der Waals surface area contributed by atoms with Gasteiger partial charge in [-0.2, -0.15) is 0 Å². The highest BCUT2D eigenvalue weighted by Gasteiger charge is 2.12. The van der Waals surface area contributed by atoms with E-state index in [2.05, 4.69) is 21.2 Å². The van der Waals surface area contributed by atoms with Crippen LogP contribution in [0.2, 0.25) is 5.02 Å². The Kier molecular flexibility index (Phi) is 6.31. The fourth-order valence-electron chi connectivity index (χ4n) is 1.51. The van der Waals surface area contributed by atoms with Crippen LogP contribution in [-0.2, 0) is 4.79 Å². The predicted molar refractivity (Wildman–Crippen MR) is 77.5 cm³/mol. The number of aliphatic carboxylic acids is 1. The van der Waals surface area contributed by atoms with E-state index in [1.165, 1.54) is 0 Å². The zero-order chi connectivity index (χ0) is 14.4. The van der Waals surface area contributed by atoms with Crippen LogP contribution in [-0.4, -0.2) is 23.5 Å². The topological polar surface area (TPSA) is 66.4 Å². The predicted octanol–water partition coefficient (Wildman–Crippen LogP) is 3.33. The van der Waals surface area contributed by atoms with Crippen LogP contribution >= 0.6 is 27.5 Å². The second-order valence-electron chi connectivity index (χ2n) is 4.37. The highest BCUT2D eigenvalue weighted by atomic mass is 79.9. The number of rotatable bonds is 6. The molecular formula is C13H15BrClNO3. The first kappa shape index (κ1) is 16.0. The Bertz CT molecular complexity index is 479. The van der Waals surface area contributed by atoms with Gasteiger partial charge in [0.2, 0.25) is 0 Å². The normalized spacial score (nSPS) is 11.9. The quantitative estimate of drug-likeness (QED) is 0.828. The van der Waals surface area contributed by atoms with Gasteiger partial charge in [0, 0.05) is 17.4 Å². The monoisotopic (exact) mass is 347 g/mol. The summed E-state index contributed by atoms with van der Waals surface area (Å²) in [6, 6.07) is 5.04. The van der Waals surface area contributed by atoms with Gasteiger partial charge in [0.15, 0.2) is 0 Å². The molecule has 1 rings (SSSR count). The fourth-order valence-corrected chi connectivity index (χ4v) is 2.27. The molecule has 4 nitrogen and oxygen atoms in total. The van der Waals surface area contributed by atoms with Crippen LogP contribution in [0.4, 0.5) is 0 Å². The van der Waals surface area contributed by atoms with Gasteiger partial charge < -0.3 is 10.4 Å². The van der Waals surface area contributed by atoms with Crippen molar-refractivity contribution in [2.75, 3.05) is 6.54 Å². The first-order valence-electron chi connectivity index (χ1n) is 5.85. The fraction of sp³-hybridized carbons (Fsp3) is 0.385. The van der Waals surface area contributed by atoms with E-state index in [1.54, 1.807) is 18.2 Å². The molecule has 1 atom stereocenters. The number of carbonyl (C=O) groups is 2. The number of nitrogens with one attached hydrogen (secondary N) is 1. The third kappa shape index (κ3) is 5.61. The van der Waals surface area contributed by atoms with Gasteiger partial charge in [0.05, 0.1) is 10.6 Å². The van der Waals surface area contributed by atoms with Gasteiger partial charge in [-0.15, -0.1) is 0 Å². The molecule has 1 aromatic carbocycles. The zero-order valence-corrected chi connectivity index (χ0v) is 12.8. The number of amides is 1. The molecule has 1 amide bonds. The third-order valence-corrected chi connectivity index (χ3v) is 3.44. The lowest BCUT2D eigenvalue weighted by molar-refractivity contribution is -0.137. The van der Waals surface area contributed by atoms with Crippen molar-refractivity contribution in [1.82, 2.24) is 5.32 Å². The number of carboxylic acid groups (broad SMARTS) is 1. The maximum atomic E-state index is 11.9. The van der Waals surface area contributed by atoms with Crippen LogP contribution in [0, 0.1) is 5.92 Å². The Labute approximate surface area is 125 Å². The smallest absolute Gasteiger partial charge is 0.303 e. The van der Waals surface area contributed by atoms with Crippen LogP contribution in [0.1, 0.15) is 30.1 Å². The van der Waals surface area contributed by atoms with Crippen LogP contribution in [0.25, 0.3) is 0 Å². The number of hydrogen-bond acceptors (Lipinski definition) is 2. The lowest BCUT2D eigenvalue weighted by Gasteiger charge is -2.12. The van der Waals surface area contributed by atoms with Crippen molar-refractivity contribution in [2.24, 2.45) is 5.92 Å². The molecule has 6 heteroatoms. The molecule has 104 valence electrons. The van der Waals surface area contributed by atoms with Crippen molar-refractivity contribution in [1.29, 1.82) is 0 Å². The average Bonchev–Trinajstić information content (AvgIpc) is 2.33. The van der Waals surface area contributed by atoms with Crippen molar-refractivity contribution in [2.45, 2.75) is 19.8 Å². The highest BCUT2D eigenvalue weighted by molar-refractivity contribution is 9.10. The lowest BCUT2D eigenvalue weighted by atomic mass is 10.1. The molecule has 0 aromatic heterocycles. The summed E-state index contributed by atoms with van der Waals surface area (Å²) >= 11 is 9.24. The van der Waals surface area contributed by atoms with E-state index in [9.17, 15) is 9.59 Å². The van der Waals surface area contributed by atoms with Gasteiger partial charge in [0.1, 0.15) is 0 Å². The summed E-state index contributed by atoms with van der Waals surface area (Å²) < 4.78 is 0.809. The molecule has 0 aliphatic carbocycles. The Morgan fingerprint density at radius 2 is 2.16 bits per heavy atom. The minimum atomic E-state index is -0.825. The largest absolute Gasteiger partial charge is 0.481 e. The number of benzene rings is 1. The summed E-state index contributed by atoms with van der Waals surface area (Å²) in [5.74, 6) is -0.969. The van der Waals surface area contributed by atoms with Gasteiger partial charge in [0.25, 0.3) is 5.91 Å². The number of hydrogen-bond donors (Lipinski definition) is 2. The number of carboxylic acids is 1. The van der Waals surface area contributed by atoms with Crippen LogP contribution < -0.4 is 5.32 Å². The molecule has 1 aromatic rings. The van der Waals surface area contributed by atoms with E-state index < -0.39 is 5.97 Å². The Morgan fingerprint density at radius 1 is 1.47 bits per heavy atom. The molecule has 1 unspecified atom stereocenters. The Hall–Kier alpha value is -1.07. The van der Waals surface area contributed by atoms with Crippen LogP contribution in [0.5, 0.6) is 0 Å². The van der Waals surface area contributed by atoms with E-state index >= 15 is 0 Å². The van der Waals surface area contributed by atoms with Crippen molar-refractivity contribution in [3.05, 3.63) is 33.3 Å². The second-order valence-corrected chi connectivity index (χ2v) is 5.69. The second kappa shape index (κ2) is 7.50. The van der Waals surface area contributed by atoms with Gasteiger partial charge in [-0.25, -0.2) is 0 Å². The molecule has 0 saturated heterocycles. The van der Waals surface area contributed by atoms with E-state index in [0.717, 1.165) is 4.47 Å². The SMILES string of the molecule is CC(CCC(=O)O)CNC(=O)c1ccc(Br)cc1Cl. The van der Waals surface area contributed by atoms with Crippen molar-refractivity contribution in [3.8, 4) is 0 Å². The number of carbonyl (C=O) groups excluding carboxylic acids is 1. The maximum Gasteiger partial charge on any atom is 0.303 e. The minimum Gasteiger partial charge on any atom is -0.481 e. The van der Waals surface area contributed by atoms with Gasteiger partial charge in [-0.3, -0.25) is 9.59 Å². The average molecular weight is 349 g/mol. The first-order chi connectivity index (χ1) is 8.90. The van der Waals surface area contributed by atoms with Crippen molar-refractivity contribution >= 4 is 39.4 Å². The zero-order valence-electron chi connectivity index (χ0n) is 10.5. The van der Waals surface area contributed by atoms with E-state index in [0.29, 0.717) is 23.6 Å². The molecule has 0 aliphatic rings. The maximum absolute atomic E-state index is 11.9. The molecule has 2 N–H and O–H groups in total.